The number of sulfonamides is 1. The maximum Gasteiger partial charge on any atom is 0.263 e. The number of hydrogen-bond acceptors (Lipinski definition) is 4. The number of carbonyl (C=O) groups excluding carboxylic acids is 1. The van der Waals surface area contributed by atoms with Crippen molar-refractivity contribution in [3.63, 3.8) is 0 Å². The minimum Gasteiger partial charge on any atom is -0.349 e. The predicted molar refractivity (Wildman–Crippen MR) is 103 cm³/mol. The molecule has 0 bridgehead atoms. The van der Waals surface area contributed by atoms with E-state index in [0.29, 0.717) is 5.56 Å². The summed E-state index contributed by atoms with van der Waals surface area (Å²) in [7, 11) is -3.55. The molecule has 1 amide bonds. The second-order valence-corrected chi connectivity index (χ2v) is 8.40. The third-order valence-corrected chi connectivity index (χ3v) is 6.14. The Morgan fingerprint density at radius 2 is 1.88 bits per heavy atom. The largest absolute Gasteiger partial charge is 0.349 e. The smallest absolute Gasteiger partial charge is 0.263 e. The van der Waals surface area contributed by atoms with Gasteiger partial charge in [0.2, 0.25) is 5.91 Å². The lowest BCUT2D eigenvalue weighted by molar-refractivity contribution is -0.121. The zero-order chi connectivity index (χ0) is 18.7. The van der Waals surface area contributed by atoms with Gasteiger partial charge in [0.05, 0.1) is 17.5 Å². The number of nitrogens with zero attached hydrogens (tertiary/aromatic N) is 1. The highest BCUT2D eigenvalue weighted by Gasteiger charge is 2.29. The molecule has 8 heteroatoms. The Morgan fingerprint density at radius 3 is 2.65 bits per heavy atom. The number of amidine groups is 1. The number of fused-ring (bicyclic) bond motifs is 1. The molecular formula is C18H18BrN3O3S. The van der Waals surface area contributed by atoms with Crippen LogP contribution in [-0.4, -0.2) is 26.7 Å². The van der Waals surface area contributed by atoms with E-state index in [9.17, 15) is 13.2 Å². The SMILES string of the molecule is C[C@@H](NC(=O)CCN=C1NS(=O)(=O)c2ccccc21)c1ccccc1Br. The maximum atomic E-state index is 12.2. The van der Waals surface area contributed by atoms with Crippen LogP contribution in [0.4, 0.5) is 0 Å². The van der Waals surface area contributed by atoms with E-state index in [4.69, 9.17) is 0 Å². The van der Waals surface area contributed by atoms with Crippen LogP contribution < -0.4 is 10.0 Å². The summed E-state index contributed by atoms with van der Waals surface area (Å²) >= 11 is 3.47. The molecule has 2 aromatic carbocycles. The average molecular weight is 436 g/mol. The van der Waals surface area contributed by atoms with Gasteiger partial charge in [-0.05, 0) is 30.7 Å². The van der Waals surface area contributed by atoms with Gasteiger partial charge in [-0.3, -0.25) is 14.5 Å². The number of aliphatic imine (C=N–C) groups is 1. The van der Waals surface area contributed by atoms with Crippen LogP contribution >= 0.6 is 15.9 Å². The summed E-state index contributed by atoms with van der Waals surface area (Å²) in [4.78, 5) is 16.6. The average Bonchev–Trinajstić information content (AvgIpc) is 2.86. The molecule has 2 aromatic rings. The van der Waals surface area contributed by atoms with Gasteiger partial charge in [-0.1, -0.05) is 46.3 Å². The first-order chi connectivity index (χ1) is 12.4. The molecule has 0 saturated heterocycles. The Kier molecular flexibility index (Phi) is 5.43. The standard InChI is InChI=1S/C18H18BrN3O3S/c1-12(13-6-2-4-8-15(13)19)21-17(23)10-11-20-18-14-7-3-5-9-16(14)26(24,25)22-18/h2-9,12H,10-11H2,1H3,(H,20,22)(H,21,23)/t12-/m1/s1. The van der Waals surface area contributed by atoms with Crippen molar-refractivity contribution in [1.29, 1.82) is 0 Å². The van der Waals surface area contributed by atoms with E-state index in [1.54, 1.807) is 18.2 Å². The van der Waals surface area contributed by atoms with Crippen LogP contribution in [-0.2, 0) is 14.8 Å². The summed E-state index contributed by atoms with van der Waals surface area (Å²) in [5, 5.41) is 2.92. The van der Waals surface area contributed by atoms with Crippen molar-refractivity contribution in [2.45, 2.75) is 24.3 Å². The topological polar surface area (TPSA) is 87.6 Å². The van der Waals surface area contributed by atoms with Crippen molar-refractivity contribution >= 4 is 37.7 Å². The normalized spacial score (nSPS) is 17.4. The molecule has 1 atom stereocenters. The fraction of sp³-hybridized carbons (Fsp3) is 0.222. The molecule has 0 unspecified atom stereocenters. The van der Waals surface area contributed by atoms with Gasteiger partial charge in [-0.25, -0.2) is 8.42 Å². The maximum absolute atomic E-state index is 12.2. The lowest BCUT2D eigenvalue weighted by Gasteiger charge is -2.15. The summed E-state index contributed by atoms with van der Waals surface area (Å²) in [6, 6.07) is 14.2. The fourth-order valence-electron chi connectivity index (χ4n) is 2.74. The van der Waals surface area contributed by atoms with E-state index >= 15 is 0 Å². The molecule has 0 fully saturated rings. The van der Waals surface area contributed by atoms with Crippen molar-refractivity contribution in [2.24, 2.45) is 4.99 Å². The molecule has 0 aliphatic carbocycles. The van der Waals surface area contributed by atoms with Crippen LogP contribution in [0.3, 0.4) is 0 Å². The number of halogens is 1. The Balaban J connectivity index is 1.61. The van der Waals surface area contributed by atoms with Gasteiger partial charge in [-0.2, -0.15) is 0 Å². The van der Waals surface area contributed by atoms with Gasteiger partial charge in [-0.15, -0.1) is 0 Å². The molecule has 0 radical (unpaired) electrons. The third-order valence-electron chi connectivity index (χ3n) is 4.02. The molecule has 26 heavy (non-hydrogen) atoms. The third kappa shape index (κ3) is 3.96. The van der Waals surface area contributed by atoms with Gasteiger partial charge in [0, 0.05) is 16.5 Å². The van der Waals surface area contributed by atoms with E-state index in [2.05, 4.69) is 31.0 Å². The summed E-state index contributed by atoms with van der Waals surface area (Å²) in [5.41, 5.74) is 1.53. The van der Waals surface area contributed by atoms with E-state index < -0.39 is 10.0 Å². The first kappa shape index (κ1) is 18.6. The van der Waals surface area contributed by atoms with Gasteiger partial charge in [0.1, 0.15) is 5.84 Å². The highest BCUT2D eigenvalue weighted by molar-refractivity contribution is 9.10. The van der Waals surface area contributed by atoms with Gasteiger partial charge >= 0.3 is 0 Å². The van der Waals surface area contributed by atoms with Crippen molar-refractivity contribution in [1.82, 2.24) is 10.0 Å². The van der Waals surface area contributed by atoms with Crippen LogP contribution in [0.2, 0.25) is 0 Å². The molecule has 2 N–H and O–H groups in total. The summed E-state index contributed by atoms with van der Waals surface area (Å²) in [6.07, 6.45) is 0.169. The van der Waals surface area contributed by atoms with Crippen molar-refractivity contribution < 1.29 is 13.2 Å². The highest BCUT2D eigenvalue weighted by Crippen LogP contribution is 2.23. The monoisotopic (exact) mass is 435 g/mol. The molecular weight excluding hydrogens is 418 g/mol. The zero-order valence-electron chi connectivity index (χ0n) is 14.1. The van der Waals surface area contributed by atoms with Gasteiger partial charge in [0.25, 0.3) is 10.0 Å². The van der Waals surface area contributed by atoms with E-state index in [1.165, 1.54) is 6.07 Å². The molecule has 1 aliphatic rings. The van der Waals surface area contributed by atoms with Crippen LogP contribution in [0.5, 0.6) is 0 Å². The zero-order valence-corrected chi connectivity index (χ0v) is 16.5. The van der Waals surface area contributed by atoms with E-state index in [1.807, 2.05) is 31.2 Å². The minimum absolute atomic E-state index is 0.142. The summed E-state index contributed by atoms with van der Waals surface area (Å²) in [6.45, 7) is 2.10. The molecule has 1 aliphatic heterocycles. The molecule has 136 valence electrons. The molecule has 0 saturated carbocycles. The first-order valence-corrected chi connectivity index (χ1v) is 10.4. The Hall–Kier alpha value is -2.19. The second-order valence-electron chi connectivity index (χ2n) is 5.89. The number of benzene rings is 2. The number of carbonyl (C=O) groups is 1. The number of amides is 1. The van der Waals surface area contributed by atoms with Crippen molar-refractivity contribution in [3.8, 4) is 0 Å². The van der Waals surface area contributed by atoms with Gasteiger partial charge in [0.15, 0.2) is 0 Å². The number of nitrogens with one attached hydrogen (secondary N) is 2. The van der Waals surface area contributed by atoms with Gasteiger partial charge < -0.3 is 5.32 Å². The fourth-order valence-corrected chi connectivity index (χ4v) is 4.62. The predicted octanol–water partition coefficient (Wildman–Crippen LogP) is 2.76. The second kappa shape index (κ2) is 7.59. The number of hydrogen-bond donors (Lipinski definition) is 2. The first-order valence-electron chi connectivity index (χ1n) is 8.09. The molecule has 3 rings (SSSR count). The lowest BCUT2D eigenvalue weighted by atomic mass is 10.1. The molecule has 1 heterocycles. The molecule has 0 spiro atoms. The summed E-state index contributed by atoms with van der Waals surface area (Å²) < 4.78 is 27.4. The van der Waals surface area contributed by atoms with Crippen molar-refractivity contribution in [2.75, 3.05) is 6.54 Å². The Labute approximate surface area is 160 Å². The highest BCUT2D eigenvalue weighted by atomic mass is 79.9. The number of rotatable bonds is 5. The Bertz CT molecular complexity index is 973. The van der Waals surface area contributed by atoms with E-state index in [-0.39, 0.29) is 35.6 Å². The molecule has 6 nitrogen and oxygen atoms in total. The summed E-state index contributed by atoms with van der Waals surface area (Å²) in [5.74, 6) is 0.138. The van der Waals surface area contributed by atoms with Crippen LogP contribution in [0, 0.1) is 0 Å². The molecule has 0 aromatic heterocycles. The van der Waals surface area contributed by atoms with Crippen LogP contribution in [0.25, 0.3) is 0 Å². The van der Waals surface area contributed by atoms with Crippen LogP contribution in [0.15, 0.2) is 62.9 Å². The van der Waals surface area contributed by atoms with E-state index in [0.717, 1.165) is 10.0 Å². The quantitative estimate of drug-likeness (QED) is 0.756. The van der Waals surface area contributed by atoms with Crippen LogP contribution in [0.1, 0.15) is 30.5 Å². The Morgan fingerprint density at radius 1 is 1.19 bits per heavy atom. The minimum atomic E-state index is -3.55. The van der Waals surface area contributed by atoms with Crippen molar-refractivity contribution in [3.05, 3.63) is 64.1 Å². The lowest BCUT2D eigenvalue weighted by Crippen LogP contribution is -2.28.